The third kappa shape index (κ3) is 6.01. The summed E-state index contributed by atoms with van der Waals surface area (Å²) in [5.41, 5.74) is 14.5. The highest BCUT2D eigenvalue weighted by Crippen LogP contribution is 2.31. The van der Waals surface area contributed by atoms with Gasteiger partial charge in [0.25, 0.3) is 0 Å². The lowest BCUT2D eigenvalue weighted by atomic mass is 10.0. The number of aromatic nitrogens is 2. The minimum absolute atomic E-state index is 0. The zero-order chi connectivity index (χ0) is 19.1. The van der Waals surface area contributed by atoms with Crippen LogP contribution in [-0.2, 0) is 6.42 Å². The summed E-state index contributed by atoms with van der Waals surface area (Å²) in [6, 6.07) is 17.4. The van der Waals surface area contributed by atoms with Crippen molar-refractivity contribution in [1.82, 2.24) is 9.97 Å². The van der Waals surface area contributed by atoms with Gasteiger partial charge in [-0.05, 0) is 55.5 Å². The molecule has 0 spiro atoms. The van der Waals surface area contributed by atoms with Gasteiger partial charge in [-0.2, -0.15) is 4.98 Å². The largest absolute Gasteiger partial charge is 0.494 e. The summed E-state index contributed by atoms with van der Waals surface area (Å²) in [4.78, 5) is 8.53. The Bertz CT molecular complexity index is 891. The molecule has 7 heteroatoms. The summed E-state index contributed by atoms with van der Waals surface area (Å²) in [5.74, 6) is 1.48. The molecule has 148 valence electrons. The van der Waals surface area contributed by atoms with Gasteiger partial charge in [-0.15, -0.1) is 12.4 Å². The van der Waals surface area contributed by atoms with Gasteiger partial charge >= 0.3 is 0 Å². The van der Waals surface area contributed by atoms with Crippen LogP contribution in [0.4, 0.5) is 11.8 Å². The maximum atomic E-state index is 6.13. The van der Waals surface area contributed by atoms with E-state index >= 15 is 0 Å². The third-order valence-electron chi connectivity index (χ3n) is 4.21. The van der Waals surface area contributed by atoms with Crippen molar-refractivity contribution < 1.29 is 4.74 Å². The SMILES string of the molecule is Cl.Nc1nc(N)c(-c2cccc(Cl)c2)c(CCCCCOc2ccccc2)n1. The van der Waals surface area contributed by atoms with E-state index in [-0.39, 0.29) is 18.4 Å². The van der Waals surface area contributed by atoms with E-state index < -0.39 is 0 Å². The Morgan fingerprint density at radius 1 is 0.893 bits per heavy atom. The lowest BCUT2D eigenvalue weighted by Gasteiger charge is -2.12. The number of nitrogens with zero attached hydrogens (tertiary/aromatic N) is 2. The molecule has 4 N–H and O–H groups in total. The van der Waals surface area contributed by atoms with Crippen molar-refractivity contribution in [3.63, 3.8) is 0 Å². The summed E-state index contributed by atoms with van der Waals surface area (Å²) in [6.45, 7) is 0.694. The molecule has 1 heterocycles. The second kappa shape index (κ2) is 10.7. The maximum absolute atomic E-state index is 6.13. The van der Waals surface area contributed by atoms with Crippen molar-refractivity contribution in [3.05, 3.63) is 65.3 Å². The van der Waals surface area contributed by atoms with Crippen molar-refractivity contribution in [2.45, 2.75) is 25.7 Å². The summed E-state index contributed by atoms with van der Waals surface area (Å²) in [6.07, 6.45) is 3.72. The fourth-order valence-corrected chi connectivity index (χ4v) is 3.15. The number of halogens is 2. The Hall–Kier alpha value is -2.50. The van der Waals surface area contributed by atoms with Gasteiger partial charge in [-0.3, -0.25) is 0 Å². The molecule has 0 fully saturated rings. The van der Waals surface area contributed by atoms with Gasteiger partial charge in [0.05, 0.1) is 12.3 Å². The zero-order valence-corrected chi connectivity index (χ0v) is 17.0. The second-order valence-corrected chi connectivity index (χ2v) is 6.71. The molecule has 0 aliphatic carbocycles. The van der Waals surface area contributed by atoms with Crippen molar-refractivity contribution >= 4 is 35.8 Å². The molecule has 1 aromatic heterocycles. The molecule has 28 heavy (non-hydrogen) atoms. The number of aryl methyl sites for hydroxylation is 1. The van der Waals surface area contributed by atoms with Gasteiger partial charge < -0.3 is 16.2 Å². The van der Waals surface area contributed by atoms with E-state index in [9.17, 15) is 0 Å². The predicted molar refractivity (Wildman–Crippen MR) is 118 cm³/mol. The van der Waals surface area contributed by atoms with Gasteiger partial charge in [-0.1, -0.05) is 41.9 Å². The van der Waals surface area contributed by atoms with Gasteiger partial charge in [0.1, 0.15) is 11.6 Å². The average molecular weight is 419 g/mol. The van der Waals surface area contributed by atoms with Crippen molar-refractivity contribution in [2.75, 3.05) is 18.1 Å². The van der Waals surface area contributed by atoms with E-state index in [1.807, 2.05) is 54.6 Å². The van der Waals surface area contributed by atoms with E-state index in [0.717, 1.165) is 48.3 Å². The Labute approximate surface area is 176 Å². The number of hydrogen-bond donors (Lipinski definition) is 2. The Morgan fingerprint density at radius 2 is 1.68 bits per heavy atom. The highest BCUT2D eigenvalue weighted by molar-refractivity contribution is 6.30. The molecule has 0 bridgehead atoms. The molecule has 2 aromatic carbocycles. The van der Waals surface area contributed by atoms with Crippen LogP contribution >= 0.6 is 24.0 Å². The number of para-hydroxylation sites is 1. The lowest BCUT2D eigenvalue weighted by molar-refractivity contribution is 0.305. The van der Waals surface area contributed by atoms with Crippen LogP contribution in [0.25, 0.3) is 11.1 Å². The number of rotatable bonds is 8. The van der Waals surface area contributed by atoms with Crippen LogP contribution in [0.1, 0.15) is 25.0 Å². The first-order valence-electron chi connectivity index (χ1n) is 8.99. The highest BCUT2D eigenvalue weighted by Gasteiger charge is 2.13. The molecule has 0 saturated heterocycles. The Kier molecular flexibility index (Phi) is 8.36. The molecule has 5 nitrogen and oxygen atoms in total. The summed E-state index contributed by atoms with van der Waals surface area (Å²) >= 11 is 6.12. The Morgan fingerprint density at radius 3 is 2.43 bits per heavy atom. The van der Waals surface area contributed by atoms with Crippen LogP contribution in [0.2, 0.25) is 5.02 Å². The standard InChI is InChI=1S/C21H23ClN4O.ClH/c22-16-9-7-8-15(14-16)19-18(25-21(24)26-20(19)23)12-5-2-6-13-27-17-10-3-1-4-11-17;/h1,3-4,7-11,14H,2,5-6,12-13H2,(H4,23,24,25,26);1H. The molecule has 0 saturated carbocycles. The second-order valence-electron chi connectivity index (χ2n) is 6.27. The van der Waals surface area contributed by atoms with Gasteiger partial charge in [0, 0.05) is 10.6 Å². The molecule has 0 aliphatic rings. The first-order valence-corrected chi connectivity index (χ1v) is 9.37. The third-order valence-corrected chi connectivity index (χ3v) is 4.45. The molecule has 3 aromatic rings. The molecular weight excluding hydrogens is 395 g/mol. The minimum atomic E-state index is 0. The molecule has 0 amide bonds. The van der Waals surface area contributed by atoms with Crippen LogP contribution in [0.15, 0.2) is 54.6 Å². The number of hydrogen-bond acceptors (Lipinski definition) is 5. The van der Waals surface area contributed by atoms with E-state index in [2.05, 4.69) is 9.97 Å². The number of ether oxygens (including phenoxy) is 1. The first-order chi connectivity index (χ1) is 13.1. The van der Waals surface area contributed by atoms with Crippen LogP contribution in [0.5, 0.6) is 5.75 Å². The van der Waals surface area contributed by atoms with Crippen molar-refractivity contribution in [2.24, 2.45) is 0 Å². The number of nitrogen functional groups attached to an aromatic ring is 2. The van der Waals surface area contributed by atoms with Gasteiger partial charge in [0.15, 0.2) is 0 Å². The smallest absolute Gasteiger partial charge is 0.222 e. The van der Waals surface area contributed by atoms with Crippen molar-refractivity contribution in [3.8, 4) is 16.9 Å². The van der Waals surface area contributed by atoms with Crippen LogP contribution in [0, 0.1) is 0 Å². The minimum Gasteiger partial charge on any atom is -0.494 e. The normalized spacial score (nSPS) is 10.3. The van der Waals surface area contributed by atoms with Crippen molar-refractivity contribution in [1.29, 1.82) is 0 Å². The fourth-order valence-electron chi connectivity index (χ4n) is 2.96. The van der Waals surface area contributed by atoms with E-state index in [0.29, 0.717) is 17.4 Å². The number of anilines is 2. The van der Waals surface area contributed by atoms with Crippen LogP contribution in [0.3, 0.4) is 0 Å². The molecule has 0 atom stereocenters. The van der Waals surface area contributed by atoms with E-state index in [1.165, 1.54) is 0 Å². The highest BCUT2D eigenvalue weighted by atomic mass is 35.5. The summed E-state index contributed by atoms with van der Waals surface area (Å²) in [5, 5.41) is 0.646. The molecular formula is C21H24Cl2N4O. The number of benzene rings is 2. The first kappa shape index (κ1) is 21.8. The predicted octanol–water partition coefficient (Wildman–Crippen LogP) is 5.18. The molecule has 0 unspecified atom stereocenters. The monoisotopic (exact) mass is 418 g/mol. The van der Waals surface area contributed by atoms with Gasteiger partial charge in [-0.25, -0.2) is 4.98 Å². The van der Waals surface area contributed by atoms with E-state index in [4.69, 9.17) is 27.8 Å². The fraction of sp³-hybridized carbons (Fsp3) is 0.238. The number of nitrogens with two attached hydrogens (primary N) is 2. The Balaban J connectivity index is 0.00000280. The quantitative estimate of drug-likeness (QED) is 0.492. The average Bonchev–Trinajstić information content (AvgIpc) is 2.65. The van der Waals surface area contributed by atoms with Crippen LogP contribution in [-0.4, -0.2) is 16.6 Å². The zero-order valence-electron chi connectivity index (χ0n) is 15.5. The molecule has 0 radical (unpaired) electrons. The molecule has 3 rings (SSSR count). The lowest BCUT2D eigenvalue weighted by Crippen LogP contribution is -2.07. The molecule has 0 aliphatic heterocycles. The number of unbranched alkanes of at least 4 members (excludes halogenated alkanes) is 2. The maximum Gasteiger partial charge on any atom is 0.222 e. The summed E-state index contributed by atoms with van der Waals surface area (Å²) in [7, 11) is 0. The van der Waals surface area contributed by atoms with E-state index in [1.54, 1.807) is 0 Å². The van der Waals surface area contributed by atoms with Gasteiger partial charge in [0.2, 0.25) is 5.95 Å². The van der Waals surface area contributed by atoms with Crippen LogP contribution < -0.4 is 16.2 Å². The summed E-state index contributed by atoms with van der Waals surface area (Å²) < 4.78 is 5.72. The topological polar surface area (TPSA) is 87.0 Å².